The van der Waals surface area contributed by atoms with Crippen molar-refractivity contribution in [3.05, 3.63) is 29.8 Å². The molecule has 1 heterocycles. The van der Waals surface area contributed by atoms with Gasteiger partial charge in [0.1, 0.15) is 5.75 Å². The van der Waals surface area contributed by atoms with Gasteiger partial charge >= 0.3 is 0 Å². The SMILES string of the molecule is CCOc1ccccc1C(=O)NC1CCN(C)CC1. The lowest BCUT2D eigenvalue weighted by Gasteiger charge is -2.29. The van der Waals surface area contributed by atoms with Crippen LogP contribution in [0.15, 0.2) is 24.3 Å². The molecule has 4 nitrogen and oxygen atoms in total. The number of amides is 1. The first-order chi connectivity index (χ1) is 9.20. The molecule has 0 saturated carbocycles. The number of nitrogens with one attached hydrogen (secondary N) is 1. The zero-order valence-corrected chi connectivity index (χ0v) is 11.7. The van der Waals surface area contributed by atoms with Gasteiger partial charge in [-0.15, -0.1) is 0 Å². The van der Waals surface area contributed by atoms with Crippen LogP contribution in [0.5, 0.6) is 5.75 Å². The van der Waals surface area contributed by atoms with Gasteiger partial charge in [0, 0.05) is 6.04 Å². The quantitative estimate of drug-likeness (QED) is 0.901. The van der Waals surface area contributed by atoms with Crippen molar-refractivity contribution in [3.63, 3.8) is 0 Å². The van der Waals surface area contributed by atoms with Crippen molar-refractivity contribution in [3.8, 4) is 5.75 Å². The molecule has 1 aromatic carbocycles. The molecule has 1 fully saturated rings. The molecule has 0 aliphatic carbocycles. The summed E-state index contributed by atoms with van der Waals surface area (Å²) < 4.78 is 5.50. The first kappa shape index (κ1) is 13.9. The van der Waals surface area contributed by atoms with Gasteiger partial charge in [-0.3, -0.25) is 4.79 Å². The molecule has 1 amide bonds. The number of nitrogens with zero attached hydrogens (tertiary/aromatic N) is 1. The molecule has 1 saturated heterocycles. The Balaban J connectivity index is 1.99. The van der Waals surface area contributed by atoms with Crippen molar-refractivity contribution in [1.82, 2.24) is 10.2 Å². The summed E-state index contributed by atoms with van der Waals surface area (Å²) in [6.45, 7) is 4.57. The molecule has 0 unspecified atom stereocenters. The zero-order chi connectivity index (χ0) is 13.7. The minimum absolute atomic E-state index is 0.0291. The van der Waals surface area contributed by atoms with Crippen molar-refractivity contribution >= 4 is 5.91 Å². The first-order valence-electron chi connectivity index (χ1n) is 6.92. The zero-order valence-electron chi connectivity index (χ0n) is 11.7. The minimum Gasteiger partial charge on any atom is -0.493 e. The summed E-state index contributed by atoms with van der Waals surface area (Å²) in [4.78, 5) is 14.6. The van der Waals surface area contributed by atoms with Crippen LogP contribution >= 0.6 is 0 Å². The Morgan fingerprint density at radius 3 is 2.74 bits per heavy atom. The Bertz CT molecular complexity index is 426. The molecule has 0 radical (unpaired) electrons. The Morgan fingerprint density at radius 2 is 2.05 bits per heavy atom. The van der Waals surface area contributed by atoms with Crippen molar-refractivity contribution in [2.75, 3.05) is 26.7 Å². The monoisotopic (exact) mass is 262 g/mol. The molecule has 1 aliphatic heterocycles. The van der Waals surface area contributed by atoms with E-state index in [4.69, 9.17) is 4.74 Å². The van der Waals surface area contributed by atoms with Crippen molar-refractivity contribution in [1.29, 1.82) is 0 Å². The predicted octanol–water partition coefficient (Wildman–Crippen LogP) is 1.91. The Morgan fingerprint density at radius 1 is 1.37 bits per heavy atom. The van der Waals surface area contributed by atoms with Gasteiger partial charge in [-0.25, -0.2) is 0 Å². The van der Waals surface area contributed by atoms with Crippen LogP contribution in [0.1, 0.15) is 30.1 Å². The topological polar surface area (TPSA) is 41.6 Å². The number of hydrogen-bond donors (Lipinski definition) is 1. The number of benzene rings is 1. The summed E-state index contributed by atoms with van der Waals surface area (Å²) in [7, 11) is 2.11. The summed E-state index contributed by atoms with van der Waals surface area (Å²) in [5.41, 5.74) is 0.628. The van der Waals surface area contributed by atoms with E-state index in [2.05, 4.69) is 17.3 Å². The number of carbonyl (C=O) groups excluding carboxylic acids is 1. The third-order valence-corrected chi connectivity index (χ3v) is 3.49. The fraction of sp³-hybridized carbons (Fsp3) is 0.533. The van der Waals surface area contributed by atoms with E-state index in [9.17, 15) is 4.79 Å². The third-order valence-electron chi connectivity index (χ3n) is 3.49. The Labute approximate surface area is 114 Å². The number of piperidine rings is 1. The van der Waals surface area contributed by atoms with Gasteiger partial charge in [-0.05, 0) is 52.0 Å². The lowest BCUT2D eigenvalue weighted by Crippen LogP contribution is -2.43. The van der Waals surface area contributed by atoms with E-state index < -0.39 is 0 Å². The second kappa shape index (κ2) is 6.57. The maximum absolute atomic E-state index is 12.3. The van der Waals surface area contributed by atoms with E-state index in [0.29, 0.717) is 17.9 Å². The number of para-hydroxylation sites is 1. The molecule has 0 spiro atoms. The lowest BCUT2D eigenvalue weighted by molar-refractivity contribution is 0.0913. The predicted molar refractivity (Wildman–Crippen MR) is 75.6 cm³/mol. The maximum atomic E-state index is 12.3. The van der Waals surface area contributed by atoms with E-state index in [1.807, 2.05) is 31.2 Å². The average Bonchev–Trinajstić information content (AvgIpc) is 2.42. The molecule has 1 N–H and O–H groups in total. The fourth-order valence-corrected chi connectivity index (χ4v) is 2.35. The van der Waals surface area contributed by atoms with Crippen molar-refractivity contribution < 1.29 is 9.53 Å². The van der Waals surface area contributed by atoms with Crippen LogP contribution in [0.25, 0.3) is 0 Å². The summed E-state index contributed by atoms with van der Waals surface area (Å²) in [6.07, 6.45) is 2.03. The highest BCUT2D eigenvalue weighted by molar-refractivity contribution is 5.97. The number of hydrogen-bond acceptors (Lipinski definition) is 3. The molecule has 19 heavy (non-hydrogen) atoms. The highest BCUT2D eigenvalue weighted by Crippen LogP contribution is 2.18. The van der Waals surface area contributed by atoms with Crippen LogP contribution in [0, 0.1) is 0 Å². The summed E-state index contributed by atoms with van der Waals surface area (Å²) in [5, 5.41) is 3.11. The van der Waals surface area contributed by atoms with E-state index in [-0.39, 0.29) is 11.9 Å². The Hall–Kier alpha value is -1.55. The normalized spacial score (nSPS) is 17.2. The van der Waals surface area contributed by atoms with Crippen LogP contribution in [0.4, 0.5) is 0 Å². The van der Waals surface area contributed by atoms with Gasteiger partial charge in [-0.1, -0.05) is 12.1 Å². The van der Waals surface area contributed by atoms with Crippen LogP contribution in [0.3, 0.4) is 0 Å². The molecular weight excluding hydrogens is 240 g/mol. The molecule has 104 valence electrons. The molecule has 0 aromatic heterocycles. The Kier molecular flexibility index (Phi) is 4.80. The van der Waals surface area contributed by atoms with Crippen LogP contribution in [0.2, 0.25) is 0 Å². The highest BCUT2D eigenvalue weighted by Gasteiger charge is 2.20. The van der Waals surface area contributed by atoms with Crippen molar-refractivity contribution in [2.24, 2.45) is 0 Å². The van der Waals surface area contributed by atoms with E-state index >= 15 is 0 Å². The highest BCUT2D eigenvalue weighted by atomic mass is 16.5. The van der Waals surface area contributed by atoms with Crippen LogP contribution in [-0.2, 0) is 0 Å². The smallest absolute Gasteiger partial charge is 0.255 e. The molecular formula is C15H22N2O2. The van der Waals surface area contributed by atoms with E-state index in [1.165, 1.54) is 0 Å². The molecule has 4 heteroatoms. The fourth-order valence-electron chi connectivity index (χ4n) is 2.35. The minimum atomic E-state index is -0.0291. The maximum Gasteiger partial charge on any atom is 0.255 e. The molecule has 0 bridgehead atoms. The standard InChI is InChI=1S/C15H22N2O2/c1-3-19-14-7-5-4-6-13(14)15(18)16-12-8-10-17(2)11-9-12/h4-7,12H,3,8-11H2,1-2H3,(H,16,18). The van der Waals surface area contributed by atoms with Crippen molar-refractivity contribution in [2.45, 2.75) is 25.8 Å². The lowest BCUT2D eigenvalue weighted by atomic mass is 10.0. The van der Waals surface area contributed by atoms with Gasteiger partial charge in [0.25, 0.3) is 5.91 Å². The van der Waals surface area contributed by atoms with Gasteiger partial charge in [0.15, 0.2) is 0 Å². The van der Waals surface area contributed by atoms with Gasteiger partial charge in [0.2, 0.25) is 0 Å². The molecule has 0 atom stereocenters. The molecule has 2 rings (SSSR count). The third kappa shape index (κ3) is 3.70. The van der Waals surface area contributed by atoms with E-state index in [1.54, 1.807) is 0 Å². The number of likely N-dealkylation sites (tertiary alicyclic amines) is 1. The van der Waals surface area contributed by atoms with Gasteiger partial charge in [0.05, 0.1) is 12.2 Å². The summed E-state index contributed by atoms with van der Waals surface area (Å²) in [5.74, 6) is 0.633. The molecule has 1 aliphatic rings. The average molecular weight is 262 g/mol. The largest absolute Gasteiger partial charge is 0.493 e. The van der Waals surface area contributed by atoms with Gasteiger partial charge in [-0.2, -0.15) is 0 Å². The van der Waals surface area contributed by atoms with Crippen LogP contribution in [-0.4, -0.2) is 43.6 Å². The van der Waals surface area contributed by atoms with Gasteiger partial charge < -0.3 is 15.0 Å². The number of ether oxygens (including phenoxy) is 1. The van der Waals surface area contributed by atoms with E-state index in [0.717, 1.165) is 25.9 Å². The number of carbonyl (C=O) groups is 1. The summed E-state index contributed by atoms with van der Waals surface area (Å²) >= 11 is 0. The van der Waals surface area contributed by atoms with Crippen LogP contribution < -0.4 is 10.1 Å². The second-order valence-corrected chi connectivity index (χ2v) is 4.98. The first-order valence-corrected chi connectivity index (χ1v) is 6.92. The molecule has 1 aromatic rings. The number of rotatable bonds is 4. The second-order valence-electron chi connectivity index (χ2n) is 4.98. The summed E-state index contributed by atoms with van der Waals surface area (Å²) in [6, 6.07) is 7.68.